The fourth-order valence-corrected chi connectivity index (χ4v) is 1.15. The first-order chi connectivity index (χ1) is 8.95. The van der Waals surface area contributed by atoms with E-state index < -0.39 is 40.5 Å². The monoisotopic (exact) mass is 306 g/mol. The molecule has 1 rings (SSSR count). The van der Waals surface area contributed by atoms with E-state index in [1.165, 1.54) is 0 Å². The van der Waals surface area contributed by atoms with Crippen LogP contribution in [0.2, 0.25) is 0 Å². The third-order valence-electron chi connectivity index (χ3n) is 1.85. The molecule has 0 amide bonds. The van der Waals surface area contributed by atoms with Crippen molar-refractivity contribution in [3.63, 3.8) is 0 Å². The first-order valence-electron chi connectivity index (χ1n) is 4.52. The SMILES string of the molecule is COc1cc(C(F)(F)F)c([N+](=O)[O-])nc1OC(F)(F)F. The van der Waals surface area contributed by atoms with Crippen LogP contribution >= 0.6 is 0 Å². The van der Waals surface area contributed by atoms with Crippen molar-refractivity contribution in [3.05, 3.63) is 21.7 Å². The average Bonchev–Trinajstić information content (AvgIpc) is 2.24. The highest BCUT2D eigenvalue weighted by molar-refractivity contribution is 5.47. The maximum absolute atomic E-state index is 12.5. The van der Waals surface area contributed by atoms with E-state index >= 15 is 0 Å². The highest BCUT2D eigenvalue weighted by Gasteiger charge is 2.43. The van der Waals surface area contributed by atoms with E-state index in [9.17, 15) is 36.5 Å². The topological polar surface area (TPSA) is 74.5 Å². The highest BCUT2D eigenvalue weighted by Crippen LogP contribution is 2.41. The molecule has 0 fully saturated rings. The van der Waals surface area contributed by atoms with E-state index in [2.05, 4.69) is 14.5 Å². The van der Waals surface area contributed by atoms with Crippen molar-refractivity contribution >= 4 is 5.82 Å². The smallest absolute Gasteiger partial charge is 0.489 e. The summed E-state index contributed by atoms with van der Waals surface area (Å²) in [4.78, 5) is 11.5. The van der Waals surface area contributed by atoms with Crippen LogP contribution < -0.4 is 9.47 Å². The van der Waals surface area contributed by atoms with Gasteiger partial charge in [0.05, 0.1) is 7.11 Å². The maximum atomic E-state index is 12.5. The molecule has 0 spiro atoms. The van der Waals surface area contributed by atoms with Crippen LogP contribution in [0.1, 0.15) is 5.56 Å². The van der Waals surface area contributed by atoms with Crippen LogP contribution in [-0.2, 0) is 6.18 Å². The van der Waals surface area contributed by atoms with Crippen molar-refractivity contribution in [1.82, 2.24) is 4.98 Å². The minimum atomic E-state index is -5.30. The molecule has 0 atom stereocenters. The summed E-state index contributed by atoms with van der Waals surface area (Å²) in [6.07, 6.45) is -10.5. The molecule has 112 valence electrons. The van der Waals surface area contributed by atoms with Crippen LogP contribution in [0, 0.1) is 10.1 Å². The van der Waals surface area contributed by atoms with Crippen molar-refractivity contribution < 1.29 is 40.7 Å². The summed E-state index contributed by atoms with van der Waals surface area (Å²) in [6.45, 7) is 0. The van der Waals surface area contributed by atoms with E-state index in [4.69, 9.17) is 0 Å². The summed E-state index contributed by atoms with van der Waals surface area (Å²) >= 11 is 0. The maximum Gasteiger partial charge on any atom is 0.575 e. The van der Waals surface area contributed by atoms with Gasteiger partial charge < -0.3 is 19.6 Å². The lowest BCUT2D eigenvalue weighted by molar-refractivity contribution is -0.393. The van der Waals surface area contributed by atoms with E-state index in [-0.39, 0.29) is 6.07 Å². The number of halogens is 6. The van der Waals surface area contributed by atoms with Gasteiger partial charge in [-0.25, -0.2) is 0 Å². The fraction of sp³-hybridized carbons (Fsp3) is 0.375. The standard InChI is InChI=1S/C8H4F6N2O4/c1-19-4-2-3(7(9,10)11)5(16(17)18)15-6(4)20-8(12,13)14/h2H,1H3. The van der Waals surface area contributed by atoms with Crippen LogP contribution in [0.15, 0.2) is 6.07 Å². The largest absolute Gasteiger partial charge is 0.575 e. The molecular formula is C8H4F6N2O4. The Morgan fingerprint density at radius 1 is 1.25 bits per heavy atom. The van der Waals surface area contributed by atoms with Gasteiger partial charge in [0.1, 0.15) is 0 Å². The van der Waals surface area contributed by atoms with Gasteiger partial charge in [-0.1, -0.05) is 0 Å². The summed E-state index contributed by atoms with van der Waals surface area (Å²) in [5.74, 6) is -4.35. The van der Waals surface area contributed by atoms with Gasteiger partial charge in [0.15, 0.2) is 5.56 Å². The number of rotatable bonds is 3. The Morgan fingerprint density at radius 3 is 2.15 bits per heavy atom. The molecule has 1 aromatic heterocycles. The molecule has 0 radical (unpaired) electrons. The lowest BCUT2D eigenvalue weighted by Gasteiger charge is -2.11. The molecule has 0 saturated heterocycles. The zero-order chi connectivity index (χ0) is 15.7. The molecule has 0 aliphatic rings. The Balaban J connectivity index is 3.49. The molecule has 6 nitrogen and oxygen atoms in total. The van der Waals surface area contributed by atoms with Gasteiger partial charge in [0.2, 0.25) is 5.75 Å². The molecule has 20 heavy (non-hydrogen) atoms. The highest BCUT2D eigenvalue weighted by atomic mass is 19.4. The summed E-state index contributed by atoms with van der Waals surface area (Å²) in [5, 5.41) is 10.5. The van der Waals surface area contributed by atoms with Gasteiger partial charge >= 0.3 is 24.2 Å². The number of methoxy groups -OCH3 is 1. The van der Waals surface area contributed by atoms with Crippen molar-refractivity contribution in [3.8, 4) is 11.6 Å². The first kappa shape index (κ1) is 15.8. The second-order valence-electron chi connectivity index (χ2n) is 3.17. The molecular weight excluding hydrogens is 302 g/mol. The summed E-state index contributed by atoms with van der Waals surface area (Å²) in [6, 6.07) is 0.00616. The summed E-state index contributed by atoms with van der Waals surface area (Å²) in [7, 11) is 0.756. The molecule has 1 heterocycles. The number of ether oxygens (including phenoxy) is 2. The van der Waals surface area contributed by atoms with Gasteiger partial charge in [-0.2, -0.15) is 13.2 Å². The van der Waals surface area contributed by atoms with Crippen LogP contribution in [0.4, 0.5) is 32.2 Å². The predicted molar refractivity (Wildman–Crippen MR) is 49.1 cm³/mol. The third-order valence-corrected chi connectivity index (χ3v) is 1.85. The van der Waals surface area contributed by atoms with Crippen molar-refractivity contribution in [2.45, 2.75) is 12.5 Å². The summed E-state index contributed by atoms with van der Waals surface area (Å²) < 4.78 is 81.2. The zero-order valence-electron chi connectivity index (χ0n) is 9.37. The first-order valence-corrected chi connectivity index (χ1v) is 4.52. The van der Waals surface area contributed by atoms with Crippen molar-refractivity contribution in [1.29, 1.82) is 0 Å². The number of nitro groups is 1. The van der Waals surface area contributed by atoms with E-state index in [0.29, 0.717) is 0 Å². The molecule has 0 aliphatic carbocycles. The van der Waals surface area contributed by atoms with E-state index in [1.54, 1.807) is 0 Å². The normalized spacial score (nSPS) is 12.2. The van der Waals surface area contributed by atoms with Gasteiger partial charge in [-0.15, -0.1) is 13.2 Å². The Labute approximate surface area is 106 Å². The zero-order valence-corrected chi connectivity index (χ0v) is 9.37. The number of aromatic nitrogens is 1. The van der Waals surface area contributed by atoms with Crippen LogP contribution in [0.25, 0.3) is 0 Å². The quantitative estimate of drug-likeness (QED) is 0.487. The third kappa shape index (κ3) is 3.61. The van der Waals surface area contributed by atoms with Crippen molar-refractivity contribution in [2.75, 3.05) is 7.11 Å². The molecule has 0 aromatic carbocycles. The average molecular weight is 306 g/mol. The molecule has 0 unspecified atom stereocenters. The second kappa shape index (κ2) is 5.02. The number of hydrogen-bond acceptors (Lipinski definition) is 5. The minimum absolute atomic E-state index is 0.00616. The Morgan fingerprint density at radius 2 is 1.80 bits per heavy atom. The van der Waals surface area contributed by atoms with Gasteiger partial charge in [0, 0.05) is 11.1 Å². The lowest BCUT2D eigenvalue weighted by Crippen LogP contribution is -2.20. The molecule has 0 N–H and O–H groups in total. The van der Waals surface area contributed by atoms with Crippen LogP contribution in [0.3, 0.4) is 0 Å². The minimum Gasteiger partial charge on any atom is -0.489 e. The fourth-order valence-electron chi connectivity index (χ4n) is 1.15. The second-order valence-corrected chi connectivity index (χ2v) is 3.17. The molecule has 0 aliphatic heterocycles. The van der Waals surface area contributed by atoms with Crippen molar-refractivity contribution in [2.24, 2.45) is 0 Å². The van der Waals surface area contributed by atoms with Crippen LogP contribution in [0.5, 0.6) is 11.6 Å². The van der Waals surface area contributed by atoms with E-state index in [0.717, 1.165) is 7.11 Å². The van der Waals surface area contributed by atoms with Gasteiger partial charge in [-0.3, -0.25) is 0 Å². The Hall–Kier alpha value is -2.27. The number of pyridine rings is 1. The predicted octanol–water partition coefficient (Wildman–Crippen LogP) is 2.92. The molecule has 0 saturated carbocycles. The van der Waals surface area contributed by atoms with E-state index in [1.807, 2.05) is 0 Å². The van der Waals surface area contributed by atoms with Gasteiger partial charge in [0.25, 0.3) is 0 Å². The number of alkyl halides is 6. The van der Waals surface area contributed by atoms with Gasteiger partial charge in [-0.05, 0) is 4.92 Å². The lowest BCUT2D eigenvalue weighted by atomic mass is 10.2. The Bertz CT molecular complexity index is 527. The van der Waals surface area contributed by atoms with Crippen LogP contribution in [-0.4, -0.2) is 23.4 Å². The Kier molecular flexibility index (Phi) is 3.96. The molecule has 1 aromatic rings. The molecule has 0 bridgehead atoms. The summed E-state index contributed by atoms with van der Waals surface area (Å²) in [5.41, 5.74) is -1.85. The number of hydrogen-bond donors (Lipinski definition) is 0. The number of nitrogens with zero attached hydrogens (tertiary/aromatic N) is 2. The molecule has 12 heteroatoms.